The largest absolute Gasteiger partial charge is 0.497 e. The molecule has 8 heteroatoms. The van der Waals surface area contributed by atoms with E-state index in [4.69, 9.17) is 4.74 Å². The second-order valence-corrected chi connectivity index (χ2v) is 7.83. The number of methoxy groups -OCH3 is 1. The van der Waals surface area contributed by atoms with Crippen LogP contribution in [0.1, 0.15) is 12.8 Å². The summed E-state index contributed by atoms with van der Waals surface area (Å²) >= 11 is 0. The molecule has 0 unspecified atom stereocenters. The summed E-state index contributed by atoms with van der Waals surface area (Å²) in [6.07, 6.45) is 2.01. The second-order valence-electron chi connectivity index (χ2n) is 5.85. The van der Waals surface area contributed by atoms with Crippen LogP contribution in [0.15, 0.2) is 24.3 Å². The molecule has 0 saturated heterocycles. The highest BCUT2D eigenvalue weighted by Gasteiger charge is 2.17. The van der Waals surface area contributed by atoms with Crippen LogP contribution in [0.4, 0.5) is 5.69 Å². The Kier molecular flexibility index (Phi) is 8.17. The van der Waals surface area contributed by atoms with E-state index in [2.05, 4.69) is 5.32 Å². The highest BCUT2D eigenvalue weighted by molar-refractivity contribution is 7.88. The molecular formula is C16H27N3O4S. The quantitative estimate of drug-likeness (QED) is 0.681. The van der Waals surface area contributed by atoms with Gasteiger partial charge in [0.1, 0.15) is 5.75 Å². The summed E-state index contributed by atoms with van der Waals surface area (Å²) in [5.74, 6) is 0.485. The first-order chi connectivity index (χ1) is 11.2. The van der Waals surface area contributed by atoms with Gasteiger partial charge in [0.05, 0.1) is 13.4 Å². The zero-order chi connectivity index (χ0) is 18.2. The lowest BCUT2D eigenvalue weighted by Crippen LogP contribution is -2.35. The lowest BCUT2D eigenvalue weighted by molar-refractivity contribution is -0.116. The van der Waals surface area contributed by atoms with Crippen LogP contribution in [0.5, 0.6) is 5.75 Å². The molecule has 0 radical (unpaired) electrons. The van der Waals surface area contributed by atoms with Gasteiger partial charge in [0.2, 0.25) is 15.9 Å². The van der Waals surface area contributed by atoms with Gasteiger partial charge in [-0.05, 0) is 51.3 Å². The molecule has 0 bridgehead atoms. The first kappa shape index (κ1) is 20.4. The number of hydrogen-bond donors (Lipinski definition) is 1. The van der Waals surface area contributed by atoms with Gasteiger partial charge in [0.15, 0.2) is 0 Å². The molecule has 1 N–H and O–H groups in total. The third kappa shape index (κ3) is 7.76. The average molecular weight is 357 g/mol. The molecule has 0 heterocycles. The first-order valence-corrected chi connectivity index (χ1v) is 9.61. The maximum absolute atomic E-state index is 12.0. The van der Waals surface area contributed by atoms with Crippen molar-refractivity contribution in [3.05, 3.63) is 24.3 Å². The van der Waals surface area contributed by atoms with Gasteiger partial charge < -0.3 is 15.0 Å². The van der Waals surface area contributed by atoms with Crippen molar-refractivity contribution >= 4 is 21.6 Å². The van der Waals surface area contributed by atoms with Gasteiger partial charge in [0, 0.05) is 25.2 Å². The number of nitrogens with one attached hydrogen (secondary N) is 1. The molecule has 0 aromatic heterocycles. The van der Waals surface area contributed by atoms with Crippen molar-refractivity contribution in [2.24, 2.45) is 0 Å². The fraction of sp³-hybridized carbons (Fsp3) is 0.562. The summed E-state index contributed by atoms with van der Waals surface area (Å²) in [6.45, 7) is 1.38. The highest BCUT2D eigenvalue weighted by atomic mass is 32.2. The monoisotopic (exact) mass is 357 g/mol. The minimum Gasteiger partial charge on any atom is -0.497 e. The predicted octanol–water partition coefficient (Wildman–Crippen LogP) is 1.24. The van der Waals surface area contributed by atoms with Gasteiger partial charge in [-0.25, -0.2) is 12.7 Å². The van der Waals surface area contributed by atoms with Crippen molar-refractivity contribution in [2.45, 2.75) is 12.8 Å². The van der Waals surface area contributed by atoms with Gasteiger partial charge in [-0.3, -0.25) is 4.79 Å². The van der Waals surface area contributed by atoms with Crippen LogP contribution < -0.4 is 10.1 Å². The molecule has 0 aliphatic carbocycles. The first-order valence-electron chi connectivity index (χ1n) is 7.76. The number of anilines is 1. The van der Waals surface area contributed by atoms with E-state index in [1.54, 1.807) is 31.4 Å². The van der Waals surface area contributed by atoms with Crippen molar-refractivity contribution in [2.75, 3.05) is 52.4 Å². The maximum Gasteiger partial charge on any atom is 0.225 e. The summed E-state index contributed by atoms with van der Waals surface area (Å²) in [6, 6.07) is 6.98. The van der Waals surface area contributed by atoms with Crippen LogP contribution in [-0.2, 0) is 14.8 Å². The van der Waals surface area contributed by atoms with E-state index in [1.807, 2.05) is 19.0 Å². The highest BCUT2D eigenvalue weighted by Crippen LogP contribution is 2.15. The van der Waals surface area contributed by atoms with Crippen molar-refractivity contribution in [3.8, 4) is 5.75 Å². The third-order valence-electron chi connectivity index (χ3n) is 3.44. The lowest BCUT2D eigenvalue weighted by Gasteiger charge is -2.20. The number of carbonyl (C=O) groups is 1. The van der Waals surface area contributed by atoms with E-state index in [0.717, 1.165) is 13.0 Å². The molecule has 0 fully saturated rings. The number of ether oxygens (including phenoxy) is 1. The molecule has 0 spiro atoms. The molecule has 7 nitrogen and oxygen atoms in total. The van der Waals surface area contributed by atoms with Crippen LogP contribution in [0.2, 0.25) is 0 Å². The van der Waals surface area contributed by atoms with Gasteiger partial charge in [-0.2, -0.15) is 0 Å². The van der Waals surface area contributed by atoms with E-state index >= 15 is 0 Å². The number of rotatable bonds is 10. The number of sulfonamides is 1. The zero-order valence-electron chi connectivity index (χ0n) is 14.8. The molecule has 0 aliphatic rings. The van der Waals surface area contributed by atoms with E-state index in [0.29, 0.717) is 18.0 Å². The fourth-order valence-corrected chi connectivity index (χ4v) is 3.01. The third-order valence-corrected chi connectivity index (χ3v) is 4.75. The van der Waals surface area contributed by atoms with Crippen LogP contribution in [0, 0.1) is 0 Å². The Bertz CT molecular complexity index is 615. The van der Waals surface area contributed by atoms with E-state index in [-0.39, 0.29) is 18.9 Å². The van der Waals surface area contributed by atoms with Crippen LogP contribution in [-0.4, -0.2) is 70.6 Å². The molecule has 1 aromatic carbocycles. The summed E-state index contributed by atoms with van der Waals surface area (Å²) < 4.78 is 30.0. The summed E-state index contributed by atoms with van der Waals surface area (Å²) in [5.41, 5.74) is 0.652. The SMILES string of the molecule is COc1ccc(NC(=O)CCN(CCCN(C)C)S(C)(=O)=O)cc1. The molecule has 0 saturated carbocycles. The molecule has 1 aromatic rings. The Hall–Kier alpha value is -1.64. The fourth-order valence-electron chi connectivity index (χ4n) is 2.13. The summed E-state index contributed by atoms with van der Waals surface area (Å²) in [4.78, 5) is 14.0. The number of nitrogens with zero attached hydrogens (tertiary/aromatic N) is 2. The van der Waals surface area contributed by atoms with Crippen molar-refractivity contribution in [1.82, 2.24) is 9.21 Å². The van der Waals surface area contributed by atoms with E-state index < -0.39 is 10.0 Å². The lowest BCUT2D eigenvalue weighted by atomic mass is 10.3. The normalized spacial score (nSPS) is 11.8. The van der Waals surface area contributed by atoms with Crippen molar-refractivity contribution in [1.29, 1.82) is 0 Å². The molecule has 0 atom stereocenters. The molecule has 24 heavy (non-hydrogen) atoms. The minimum atomic E-state index is -3.32. The molecule has 136 valence electrons. The Balaban J connectivity index is 2.50. The predicted molar refractivity (Wildman–Crippen MR) is 95.8 cm³/mol. The zero-order valence-corrected chi connectivity index (χ0v) is 15.6. The van der Waals surface area contributed by atoms with Gasteiger partial charge in [-0.1, -0.05) is 0 Å². The molecule has 0 aliphatic heterocycles. The minimum absolute atomic E-state index is 0.112. The smallest absolute Gasteiger partial charge is 0.225 e. The molecule has 1 rings (SSSR count). The van der Waals surface area contributed by atoms with Gasteiger partial charge in [0.25, 0.3) is 0 Å². The number of benzene rings is 1. The van der Waals surface area contributed by atoms with E-state index in [1.165, 1.54) is 10.6 Å². The van der Waals surface area contributed by atoms with E-state index in [9.17, 15) is 13.2 Å². The Morgan fingerprint density at radius 2 is 1.75 bits per heavy atom. The molecule has 1 amide bonds. The van der Waals surface area contributed by atoms with Gasteiger partial charge >= 0.3 is 0 Å². The van der Waals surface area contributed by atoms with Gasteiger partial charge in [-0.15, -0.1) is 0 Å². The Morgan fingerprint density at radius 3 is 2.25 bits per heavy atom. The topological polar surface area (TPSA) is 79.0 Å². The molecular weight excluding hydrogens is 330 g/mol. The second kappa shape index (κ2) is 9.61. The average Bonchev–Trinajstić information content (AvgIpc) is 2.49. The summed E-state index contributed by atoms with van der Waals surface area (Å²) in [7, 11) is 2.13. The number of hydrogen-bond acceptors (Lipinski definition) is 5. The van der Waals surface area contributed by atoms with Crippen molar-refractivity contribution in [3.63, 3.8) is 0 Å². The van der Waals surface area contributed by atoms with Crippen LogP contribution in [0.25, 0.3) is 0 Å². The van der Waals surface area contributed by atoms with Crippen LogP contribution >= 0.6 is 0 Å². The Labute approximate surface area is 144 Å². The Morgan fingerprint density at radius 1 is 1.12 bits per heavy atom. The number of carbonyl (C=O) groups excluding carboxylic acids is 1. The van der Waals surface area contributed by atoms with Crippen molar-refractivity contribution < 1.29 is 17.9 Å². The summed E-state index contributed by atoms with van der Waals surface area (Å²) in [5, 5.41) is 2.75. The number of amides is 1. The van der Waals surface area contributed by atoms with Crippen LogP contribution in [0.3, 0.4) is 0 Å². The maximum atomic E-state index is 12.0. The standard InChI is InChI=1S/C16H27N3O4S/c1-18(2)11-5-12-19(24(4,21)22)13-10-16(20)17-14-6-8-15(23-3)9-7-14/h6-9H,5,10-13H2,1-4H3,(H,17,20).